The molecule has 0 aliphatic carbocycles. The Morgan fingerprint density at radius 3 is 1.52 bits per heavy atom. The Balaban J connectivity index is 2.05. The zero-order chi connectivity index (χ0) is 17.4. The Morgan fingerprint density at radius 2 is 1.08 bits per heavy atom. The van der Waals surface area contributed by atoms with E-state index in [-0.39, 0.29) is 5.16 Å². The van der Waals surface area contributed by atoms with Gasteiger partial charge in [0, 0.05) is 33.8 Å². The standard InChI is InChI=1S/C22H21N2P/c1-22(2,3)25(18-12-4-8-16-10-6-14-23-20(16)18)19-13-5-9-17-11-7-15-24-21(17)19/h4-15H,1-3H3. The maximum atomic E-state index is 4.72. The summed E-state index contributed by atoms with van der Waals surface area (Å²) in [6, 6.07) is 21.4. The van der Waals surface area contributed by atoms with Crippen LogP contribution < -0.4 is 10.6 Å². The molecule has 124 valence electrons. The molecule has 0 amide bonds. The summed E-state index contributed by atoms with van der Waals surface area (Å²) in [6.07, 6.45) is 3.78. The molecule has 0 saturated heterocycles. The molecule has 0 fully saturated rings. The molecule has 2 aromatic carbocycles. The van der Waals surface area contributed by atoms with E-state index in [1.807, 2.05) is 24.5 Å². The molecule has 0 aliphatic rings. The summed E-state index contributed by atoms with van der Waals surface area (Å²) in [4.78, 5) is 9.43. The molecule has 0 N–H and O–H groups in total. The predicted octanol–water partition coefficient (Wildman–Crippen LogP) is 5.01. The van der Waals surface area contributed by atoms with Gasteiger partial charge in [0.2, 0.25) is 0 Å². The topological polar surface area (TPSA) is 25.8 Å². The van der Waals surface area contributed by atoms with E-state index in [1.165, 1.54) is 21.4 Å². The number of rotatable bonds is 2. The van der Waals surface area contributed by atoms with Gasteiger partial charge < -0.3 is 0 Å². The highest BCUT2D eigenvalue weighted by molar-refractivity contribution is 7.75. The molecule has 4 rings (SSSR count). The van der Waals surface area contributed by atoms with E-state index in [9.17, 15) is 0 Å². The summed E-state index contributed by atoms with van der Waals surface area (Å²) in [5.41, 5.74) is 2.22. The SMILES string of the molecule is CC(C)(C)P(c1cccc2cccnc12)c1cccc2cccnc12. The van der Waals surface area contributed by atoms with Crippen LogP contribution in [0.1, 0.15) is 20.8 Å². The van der Waals surface area contributed by atoms with Crippen LogP contribution in [0.2, 0.25) is 0 Å². The van der Waals surface area contributed by atoms with Crippen molar-refractivity contribution in [2.45, 2.75) is 25.9 Å². The van der Waals surface area contributed by atoms with Crippen LogP contribution in [0.15, 0.2) is 73.1 Å². The van der Waals surface area contributed by atoms with Crippen molar-refractivity contribution in [2.24, 2.45) is 0 Å². The lowest BCUT2D eigenvalue weighted by molar-refractivity contribution is 0.793. The van der Waals surface area contributed by atoms with Crippen molar-refractivity contribution < 1.29 is 0 Å². The quantitative estimate of drug-likeness (QED) is 0.478. The summed E-state index contributed by atoms with van der Waals surface area (Å²) in [5, 5.41) is 5.17. The van der Waals surface area contributed by atoms with E-state index < -0.39 is 7.92 Å². The lowest BCUT2D eigenvalue weighted by Crippen LogP contribution is -2.28. The highest BCUT2D eigenvalue weighted by Crippen LogP contribution is 2.49. The molecule has 0 aliphatic heterocycles. The van der Waals surface area contributed by atoms with Crippen LogP contribution in [-0.2, 0) is 0 Å². The molecule has 0 unspecified atom stereocenters. The van der Waals surface area contributed by atoms with Crippen molar-refractivity contribution in [3.8, 4) is 0 Å². The van der Waals surface area contributed by atoms with E-state index in [0.29, 0.717) is 0 Å². The van der Waals surface area contributed by atoms with Crippen molar-refractivity contribution in [1.29, 1.82) is 0 Å². The molecular formula is C22H21N2P. The monoisotopic (exact) mass is 344 g/mol. The zero-order valence-corrected chi connectivity index (χ0v) is 15.7. The second-order valence-corrected chi connectivity index (χ2v) is 10.2. The first-order valence-corrected chi connectivity index (χ1v) is 9.87. The smallest absolute Gasteiger partial charge is 0.0782 e. The van der Waals surface area contributed by atoms with Gasteiger partial charge in [-0.1, -0.05) is 69.3 Å². The number of aromatic nitrogens is 2. The van der Waals surface area contributed by atoms with Crippen LogP contribution in [0.5, 0.6) is 0 Å². The summed E-state index contributed by atoms with van der Waals surface area (Å²) < 4.78 is 0. The predicted molar refractivity (Wildman–Crippen MR) is 109 cm³/mol. The van der Waals surface area contributed by atoms with Gasteiger partial charge in [-0.05, 0) is 25.2 Å². The number of benzene rings is 2. The Bertz CT molecular complexity index is 960. The van der Waals surface area contributed by atoms with Crippen LogP contribution in [0.25, 0.3) is 21.8 Å². The molecule has 0 radical (unpaired) electrons. The second kappa shape index (κ2) is 6.20. The minimum atomic E-state index is -0.617. The summed E-state index contributed by atoms with van der Waals surface area (Å²) in [7, 11) is -0.617. The number of para-hydroxylation sites is 2. The minimum absolute atomic E-state index is 0.104. The molecular weight excluding hydrogens is 323 g/mol. The highest BCUT2D eigenvalue weighted by atomic mass is 31.1. The third-order valence-corrected chi connectivity index (χ3v) is 7.40. The van der Waals surface area contributed by atoms with Gasteiger partial charge in [-0.2, -0.15) is 0 Å². The Kier molecular flexibility index (Phi) is 4.01. The van der Waals surface area contributed by atoms with Crippen LogP contribution in [0.3, 0.4) is 0 Å². The molecule has 0 spiro atoms. The average molecular weight is 344 g/mol. The van der Waals surface area contributed by atoms with Gasteiger partial charge in [0.1, 0.15) is 0 Å². The van der Waals surface area contributed by atoms with Crippen LogP contribution >= 0.6 is 7.92 Å². The van der Waals surface area contributed by atoms with Gasteiger partial charge in [-0.25, -0.2) is 0 Å². The Morgan fingerprint density at radius 1 is 0.640 bits per heavy atom. The van der Waals surface area contributed by atoms with Gasteiger partial charge in [-0.15, -0.1) is 0 Å². The number of hydrogen-bond acceptors (Lipinski definition) is 2. The van der Waals surface area contributed by atoms with E-state index in [1.54, 1.807) is 0 Å². The lowest BCUT2D eigenvalue weighted by atomic mass is 10.2. The minimum Gasteiger partial charge on any atom is -0.256 e. The van der Waals surface area contributed by atoms with Crippen molar-refractivity contribution in [2.75, 3.05) is 0 Å². The van der Waals surface area contributed by atoms with E-state index >= 15 is 0 Å². The summed E-state index contributed by atoms with van der Waals surface area (Å²) in [6.45, 7) is 6.97. The van der Waals surface area contributed by atoms with Crippen molar-refractivity contribution >= 4 is 40.3 Å². The molecule has 0 atom stereocenters. The Labute approximate surface area is 149 Å². The first-order chi connectivity index (χ1) is 12.1. The van der Waals surface area contributed by atoms with Gasteiger partial charge >= 0.3 is 0 Å². The van der Waals surface area contributed by atoms with Crippen LogP contribution in [-0.4, -0.2) is 15.1 Å². The lowest BCUT2D eigenvalue weighted by Gasteiger charge is -2.33. The summed E-state index contributed by atoms with van der Waals surface area (Å²) >= 11 is 0. The third kappa shape index (κ3) is 2.92. The number of hydrogen-bond donors (Lipinski definition) is 0. The first kappa shape index (κ1) is 16.2. The molecule has 0 saturated carbocycles. The van der Waals surface area contributed by atoms with Gasteiger partial charge in [0.15, 0.2) is 0 Å². The normalized spacial score (nSPS) is 12.2. The fourth-order valence-electron chi connectivity index (χ4n) is 3.39. The van der Waals surface area contributed by atoms with Gasteiger partial charge in [0.05, 0.1) is 11.0 Å². The molecule has 0 bridgehead atoms. The Hall–Kier alpha value is -2.31. The molecule has 3 heteroatoms. The second-order valence-electron chi connectivity index (χ2n) is 7.21. The largest absolute Gasteiger partial charge is 0.256 e. The van der Waals surface area contributed by atoms with Gasteiger partial charge in [0.25, 0.3) is 0 Å². The maximum absolute atomic E-state index is 4.72. The van der Waals surface area contributed by atoms with Crippen molar-refractivity contribution in [1.82, 2.24) is 9.97 Å². The molecule has 2 aromatic heterocycles. The van der Waals surface area contributed by atoms with E-state index in [2.05, 4.69) is 69.3 Å². The number of nitrogens with zero attached hydrogens (tertiary/aromatic N) is 2. The van der Waals surface area contributed by atoms with E-state index in [0.717, 1.165) is 11.0 Å². The molecule has 25 heavy (non-hydrogen) atoms. The molecule has 2 heterocycles. The average Bonchev–Trinajstić information content (AvgIpc) is 2.61. The maximum Gasteiger partial charge on any atom is 0.0782 e. The third-order valence-electron chi connectivity index (χ3n) is 4.38. The van der Waals surface area contributed by atoms with Crippen LogP contribution in [0.4, 0.5) is 0 Å². The molecule has 4 aromatic rings. The highest BCUT2D eigenvalue weighted by Gasteiger charge is 2.30. The summed E-state index contributed by atoms with van der Waals surface area (Å²) in [5.74, 6) is 0. The van der Waals surface area contributed by atoms with E-state index in [4.69, 9.17) is 9.97 Å². The number of fused-ring (bicyclic) bond motifs is 2. The fourth-order valence-corrected chi connectivity index (χ4v) is 6.36. The van der Waals surface area contributed by atoms with Crippen LogP contribution in [0, 0.1) is 0 Å². The first-order valence-electron chi connectivity index (χ1n) is 8.53. The van der Waals surface area contributed by atoms with Crippen molar-refractivity contribution in [3.05, 3.63) is 73.1 Å². The number of pyridine rings is 2. The van der Waals surface area contributed by atoms with Gasteiger partial charge in [-0.3, -0.25) is 9.97 Å². The van der Waals surface area contributed by atoms with Crippen molar-refractivity contribution in [3.63, 3.8) is 0 Å². The zero-order valence-electron chi connectivity index (χ0n) is 14.8. The molecule has 2 nitrogen and oxygen atoms in total. The fraction of sp³-hybridized carbons (Fsp3) is 0.182.